The van der Waals surface area contributed by atoms with Crippen LogP contribution in [0.4, 0.5) is 13.2 Å². The first-order valence-electron chi connectivity index (χ1n) is 7.14. The zero-order valence-corrected chi connectivity index (χ0v) is 12.9. The number of alkyl halides is 3. The molecule has 0 radical (unpaired) electrons. The van der Waals surface area contributed by atoms with E-state index in [4.69, 9.17) is 0 Å². The Labute approximate surface area is 131 Å². The van der Waals surface area contributed by atoms with Gasteiger partial charge < -0.3 is 9.64 Å². The number of ether oxygens (including phenoxy) is 1. The van der Waals surface area contributed by atoms with Crippen molar-refractivity contribution < 1.29 is 22.7 Å². The maximum atomic E-state index is 12.0. The summed E-state index contributed by atoms with van der Waals surface area (Å²) in [7, 11) is 0. The second-order valence-electron chi connectivity index (χ2n) is 5.13. The lowest BCUT2D eigenvalue weighted by Crippen LogP contribution is -2.36. The van der Waals surface area contributed by atoms with Crippen molar-refractivity contribution in [3.63, 3.8) is 0 Å². The van der Waals surface area contributed by atoms with Gasteiger partial charge in [0.15, 0.2) is 0 Å². The van der Waals surface area contributed by atoms with Crippen molar-refractivity contribution in [3.8, 4) is 5.75 Å². The Morgan fingerprint density at radius 1 is 1.14 bits per heavy atom. The van der Waals surface area contributed by atoms with E-state index >= 15 is 0 Å². The number of halogens is 3. The first kappa shape index (κ1) is 17.0. The third-order valence-corrected chi connectivity index (χ3v) is 4.35. The van der Waals surface area contributed by atoms with Gasteiger partial charge in [0.1, 0.15) is 5.75 Å². The molecule has 0 aliphatic carbocycles. The minimum Gasteiger partial charge on any atom is -0.406 e. The van der Waals surface area contributed by atoms with Gasteiger partial charge in [-0.1, -0.05) is 12.1 Å². The highest BCUT2D eigenvalue weighted by atomic mass is 32.2. The van der Waals surface area contributed by atoms with Crippen LogP contribution in [0.3, 0.4) is 0 Å². The zero-order chi connectivity index (χ0) is 16.0. The Morgan fingerprint density at radius 3 is 2.36 bits per heavy atom. The average molecular weight is 333 g/mol. The normalized spacial score (nSPS) is 15.7. The van der Waals surface area contributed by atoms with Crippen LogP contribution in [0.1, 0.15) is 24.8 Å². The van der Waals surface area contributed by atoms with Gasteiger partial charge in [-0.15, -0.1) is 24.9 Å². The molecule has 1 heterocycles. The van der Waals surface area contributed by atoms with Crippen molar-refractivity contribution in [2.24, 2.45) is 0 Å². The van der Waals surface area contributed by atoms with Crippen LogP contribution >= 0.6 is 11.8 Å². The molecule has 22 heavy (non-hydrogen) atoms. The maximum Gasteiger partial charge on any atom is 0.573 e. The van der Waals surface area contributed by atoms with Crippen molar-refractivity contribution >= 4 is 17.7 Å². The van der Waals surface area contributed by atoms with E-state index in [1.54, 1.807) is 12.1 Å². The number of amides is 1. The van der Waals surface area contributed by atoms with Crippen LogP contribution in [0.5, 0.6) is 5.75 Å². The molecule has 0 unspecified atom stereocenters. The molecule has 1 aromatic carbocycles. The van der Waals surface area contributed by atoms with Crippen LogP contribution in [0.2, 0.25) is 0 Å². The van der Waals surface area contributed by atoms with Crippen molar-refractivity contribution in [3.05, 3.63) is 29.8 Å². The lowest BCUT2D eigenvalue weighted by Gasteiger charge is -2.26. The van der Waals surface area contributed by atoms with Crippen LogP contribution in [0, 0.1) is 0 Å². The van der Waals surface area contributed by atoms with Gasteiger partial charge in [-0.05, 0) is 37.0 Å². The summed E-state index contributed by atoms with van der Waals surface area (Å²) < 4.78 is 39.9. The Morgan fingerprint density at radius 2 is 1.77 bits per heavy atom. The number of likely N-dealkylation sites (tertiary alicyclic amines) is 1. The molecule has 0 bridgehead atoms. The maximum absolute atomic E-state index is 12.0. The first-order valence-corrected chi connectivity index (χ1v) is 8.30. The fourth-order valence-corrected chi connectivity index (χ4v) is 3.17. The largest absolute Gasteiger partial charge is 0.573 e. The summed E-state index contributed by atoms with van der Waals surface area (Å²) in [6, 6.07) is 5.74. The van der Waals surface area contributed by atoms with E-state index in [1.807, 2.05) is 4.90 Å². The fraction of sp³-hybridized carbons (Fsp3) is 0.533. The number of hydrogen-bond donors (Lipinski definition) is 0. The van der Waals surface area contributed by atoms with Crippen LogP contribution in [-0.2, 0) is 10.5 Å². The molecule has 0 aromatic heterocycles. The summed E-state index contributed by atoms with van der Waals surface area (Å²) in [4.78, 5) is 13.8. The molecule has 2 rings (SSSR count). The van der Waals surface area contributed by atoms with E-state index in [0.717, 1.165) is 31.5 Å². The van der Waals surface area contributed by atoms with Gasteiger partial charge in [0.2, 0.25) is 5.91 Å². The standard InChI is InChI=1S/C15H18F3NO2S/c16-15(17,18)21-13-6-4-12(5-7-13)10-22-11-14(20)19-8-2-1-3-9-19/h4-7H,1-3,8-11H2. The third-order valence-electron chi connectivity index (χ3n) is 3.36. The monoisotopic (exact) mass is 333 g/mol. The third kappa shape index (κ3) is 5.79. The van der Waals surface area contributed by atoms with Gasteiger partial charge in [-0.2, -0.15) is 0 Å². The molecule has 1 aromatic rings. The van der Waals surface area contributed by atoms with Crippen molar-refractivity contribution in [2.45, 2.75) is 31.4 Å². The van der Waals surface area contributed by atoms with Gasteiger partial charge in [0.25, 0.3) is 0 Å². The SMILES string of the molecule is O=C(CSCc1ccc(OC(F)(F)F)cc1)N1CCCCC1. The molecular formula is C15H18F3NO2S. The van der Waals surface area contributed by atoms with E-state index in [-0.39, 0.29) is 11.7 Å². The molecule has 3 nitrogen and oxygen atoms in total. The van der Waals surface area contributed by atoms with E-state index < -0.39 is 6.36 Å². The molecule has 1 saturated heterocycles. The summed E-state index contributed by atoms with van der Waals surface area (Å²) in [5.41, 5.74) is 0.867. The number of nitrogens with zero attached hydrogens (tertiary/aromatic N) is 1. The van der Waals surface area contributed by atoms with E-state index in [2.05, 4.69) is 4.74 Å². The minimum absolute atomic E-state index is 0.140. The van der Waals surface area contributed by atoms with E-state index in [0.29, 0.717) is 11.5 Å². The molecule has 1 amide bonds. The smallest absolute Gasteiger partial charge is 0.406 e. The zero-order valence-electron chi connectivity index (χ0n) is 12.1. The molecule has 122 valence electrons. The number of piperidine rings is 1. The van der Waals surface area contributed by atoms with Gasteiger partial charge in [-0.25, -0.2) is 0 Å². The van der Waals surface area contributed by atoms with Crippen LogP contribution in [-0.4, -0.2) is 36.0 Å². The molecule has 0 atom stereocenters. The molecule has 1 aliphatic heterocycles. The van der Waals surface area contributed by atoms with Crippen molar-refractivity contribution in [1.29, 1.82) is 0 Å². The highest BCUT2D eigenvalue weighted by molar-refractivity contribution is 7.99. The molecule has 0 saturated carbocycles. The lowest BCUT2D eigenvalue weighted by molar-refractivity contribution is -0.274. The van der Waals surface area contributed by atoms with Gasteiger partial charge in [-0.3, -0.25) is 4.79 Å². The van der Waals surface area contributed by atoms with Gasteiger partial charge >= 0.3 is 6.36 Å². The summed E-state index contributed by atoms with van der Waals surface area (Å²) in [5, 5.41) is 0. The minimum atomic E-state index is -4.67. The van der Waals surface area contributed by atoms with Crippen LogP contribution in [0.15, 0.2) is 24.3 Å². The van der Waals surface area contributed by atoms with Crippen molar-refractivity contribution in [2.75, 3.05) is 18.8 Å². The molecule has 0 N–H and O–H groups in total. The summed E-state index contributed by atoms with van der Waals surface area (Å²) >= 11 is 1.47. The predicted octanol–water partition coefficient (Wildman–Crippen LogP) is 3.83. The van der Waals surface area contributed by atoms with Crippen LogP contribution < -0.4 is 4.74 Å². The van der Waals surface area contributed by atoms with Crippen LogP contribution in [0.25, 0.3) is 0 Å². The van der Waals surface area contributed by atoms with Crippen molar-refractivity contribution in [1.82, 2.24) is 4.90 Å². The van der Waals surface area contributed by atoms with E-state index in [9.17, 15) is 18.0 Å². The summed E-state index contributed by atoms with van der Waals surface area (Å²) in [6.07, 6.45) is -1.35. The van der Waals surface area contributed by atoms with Gasteiger partial charge in [0, 0.05) is 18.8 Å². The van der Waals surface area contributed by atoms with E-state index in [1.165, 1.54) is 30.3 Å². The number of rotatable bonds is 5. The predicted molar refractivity (Wildman–Crippen MR) is 79.7 cm³/mol. The fourth-order valence-electron chi connectivity index (χ4n) is 2.28. The number of carbonyl (C=O) groups excluding carboxylic acids is 1. The highest BCUT2D eigenvalue weighted by Crippen LogP contribution is 2.24. The average Bonchev–Trinajstić information content (AvgIpc) is 2.48. The summed E-state index contributed by atoms with van der Waals surface area (Å²) in [6.45, 7) is 1.67. The topological polar surface area (TPSA) is 29.5 Å². The number of hydrogen-bond acceptors (Lipinski definition) is 3. The first-order chi connectivity index (χ1) is 10.4. The molecule has 7 heteroatoms. The Kier molecular flexibility index (Phi) is 5.99. The molecule has 1 aliphatic rings. The molecular weight excluding hydrogens is 315 g/mol. The second kappa shape index (κ2) is 7.76. The summed E-state index contributed by atoms with van der Waals surface area (Å²) in [5.74, 6) is 0.902. The Hall–Kier alpha value is -1.37. The number of benzene rings is 1. The molecule has 0 spiro atoms. The molecule has 1 fully saturated rings. The lowest BCUT2D eigenvalue weighted by atomic mass is 10.1. The highest BCUT2D eigenvalue weighted by Gasteiger charge is 2.30. The van der Waals surface area contributed by atoms with Gasteiger partial charge in [0.05, 0.1) is 5.75 Å². The Balaban J connectivity index is 1.73. The Bertz CT molecular complexity index is 485. The number of carbonyl (C=O) groups is 1. The quantitative estimate of drug-likeness (QED) is 0.820. The second-order valence-corrected chi connectivity index (χ2v) is 6.11. The number of thioether (sulfide) groups is 1.